The molecule has 1 unspecified atom stereocenters. The van der Waals surface area contributed by atoms with Crippen molar-refractivity contribution in [2.45, 2.75) is 38.6 Å². The second kappa shape index (κ2) is 10.1. The van der Waals surface area contributed by atoms with Crippen LogP contribution in [0.5, 0.6) is 17.2 Å². The average molecular weight is 516 g/mol. The van der Waals surface area contributed by atoms with Crippen molar-refractivity contribution in [1.82, 2.24) is 19.7 Å². The molecule has 1 fully saturated rings. The lowest BCUT2D eigenvalue weighted by Crippen LogP contribution is -2.13. The molecule has 1 N–H and O–H groups in total. The number of ketones is 1. The Bertz CT molecular complexity index is 1430. The summed E-state index contributed by atoms with van der Waals surface area (Å²) >= 11 is 1.34. The van der Waals surface area contributed by atoms with Crippen molar-refractivity contribution >= 4 is 28.2 Å². The Kier molecular flexibility index (Phi) is 6.40. The SMILES string of the molecule is O=C1CCC(COc2cc(Oc3ccc(-c4nnc5n4CCC5)cc3)cc(C(=O)Nc3nccs3)c2)C1. The van der Waals surface area contributed by atoms with Crippen molar-refractivity contribution < 1.29 is 19.1 Å². The number of aryl methyl sites for hydroxylation is 1. The highest BCUT2D eigenvalue weighted by molar-refractivity contribution is 7.13. The smallest absolute Gasteiger partial charge is 0.257 e. The molecular weight excluding hydrogens is 490 g/mol. The maximum Gasteiger partial charge on any atom is 0.257 e. The van der Waals surface area contributed by atoms with E-state index in [0.717, 1.165) is 43.0 Å². The average Bonchev–Trinajstić information content (AvgIpc) is 3.70. The number of carbonyl (C=O) groups is 2. The van der Waals surface area contributed by atoms with Crippen LogP contribution in [0, 0.1) is 5.92 Å². The van der Waals surface area contributed by atoms with E-state index >= 15 is 0 Å². The number of thiazole rings is 1. The van der Waals surface area contributed by atoms with E-state index in [1.165, 1.54) is 11.3 Å². The highest BCUT2D eigenvalue weighted by Crippen LogP contribution is 2.31. The van der Waals surface area contributed by atoms with Crippen LogP contribution in [0.2, 0.25) is 0 Å². The molecule has 9 nitrogen and oxygen atoms in total. The summed E-state index contributed by atoms with van der Waals surface area (Å²) in [5, 5.41) is 13.7. The number of benzene rings is 2. The molecule has 0 bridgehead atoms. The highest BCUT2D eigenvalue weighted by atomic mass is 32.1. The summed E-state index contributed by atoms with van der Waals surface area (Å²) in [5.74, 6) is 3.65. The van der Waals surface area contributed by atoms with Gasteiger partial charge in [-0.25, -0.2) is 4.98 Å². The van der Waals surface area contributed by atoms with Gasteiger partial charge in [-0.1, -0.05) is 0 Å². The van der Waals surface area contributed by atoms with Crippen molar-refractivity contribution in [1.29, 1.82) is 0 Å². The number of anilines is 1. The zero-order valence-electron chi connectivity index (χ0n) is 20.1. The molecule has 0 spiro atoms. The van der Waals surface area contributed by atoms with E-state index < -0.39 is 0 Å². The Morgan fingerprint density at radius 3 is 2.73 bits per heavy atom. The van der Waals surface area contributed by atoms with Gasteiger partial charge in [0.05, 0.1) is 6.61 Å². The van der Waals surface area contributed by atoms with Crippen molar-refractivity contribution in [2.75, 3.05) is 11.9 Å². The number of fused-ring (bicyclic) bond motifs is 1. The number of hydrogen-bond donors (Lipinski definition) is 1. The Labute approximate surface area is 217 Å². The summed E-state index contributed by atoms with van der Waals surface area (Å²) in [5.41, 5.74) is 1.36. The number of nitrogens with zero attached hydrogens (tertiary/aromatic N) is 4. The monoisotopic (exact) mass is 515 g/mol. The van der Waals surface area contributed by atoms with Gasteiger partial charge in [0.15, 0.2) is 11.0 Å². The molecule has 1 atom stereocenters. The van der Waals surface area contributed by atoms with E-state index in [0.29, 0.717) is 47.4 Å². The van der Waals surface area contributed by atoms with Crippen LogP contribution in [0.25, 0.3) is 11.4 Å². The van der Waals surface area contributed by atoms with Gasteiger partial charge in [0, 0.05) is 60.5 Å². The first-order valence-corrected chi connectivity index (χ1v) is 13.2. The first kappa shape index (κ1) is 23.4. The minimum atomic E-state index is -0.308. The van der Waals surface area contributed by atoms with Crippen LogP contribution in [-0.4, -0.2) is 38.0 Å². The number of Topliss-reactive ketones (excluding diaryl/α,β-unsaturated/α-hetero) is 1. The third kappa shape index (κ3) is 5.24. The molecule has 0 saturated heterocycles. The van der Waals surface area contributed by atoms with E-state index in [-0.39, 0.29) is 17.6 Å². The summed E-state index contributed by atoms with van der Waals surface area (Å²) in [6.45, 7) is 1.35. The van der Waals surface area contributed by atoms with Gasteiger partial charge in [-0.05, 0) is 49.2 Å². The number of hydrogen-bond acceptors (Lipinski definition) is 8. The van der Waals surface area contributed by atoms with Gasteiger partial charge in [-0.15, -0.1) is 21.5 Å². The van der Waals surface area contributed by atoms with Crippen LogP contribution in [-0.2, 0) is 17.8 Å². The van der Waals surface area contributed by atoms with E-state index in [1.54, 1.807) is 29.8 Å². The highest BCUT2D eigenvalue weighted by Gasteiger charge is 2.23. The Morgan fingerprint density at radius 1 is 1.08 bits per heavy atom. The standard InChI is InChI=1S/C27H25N5O4S/c33-20-6-3-17(12-20)16-35-22-13-19(26(34)29-27-28-9-11-37-27)14-23(15-22)36-21-7-4-18(5-8-21)25-31-30-24-2-1-10-32(24)25/h4-5,7-9,11,13-15,17H,1-3,6,10,12,16H2,(H,28,29,34). The molecule has 2 aromatic heterocycles. The summed E-state index contributed by atoms with van der Waals surface area (Å²) in [7, 11) is 0. The molecule has 1 aliphatic heterocycles. The first-order valence-electron chi connectivity index (χ1n) is 12.3. The van der Waals surface area contributed by atoms with Gasteiger partial charge in [-0.2, -0.15) is 0 Å². The van der Waals surface area contributed by atoms with Crippen LogP contribution in [0.15, 0.2) is 54.0 Å². The minimum Gasteiger partial charge on any atom is -0.493 e. The van der Waals surface area contributed by atoms with Gasteiger partial charge in [0.1, 0.15) is 28.9 Å². The molecule has 1 aliphatic carbocycles. The maximum atomic E-state index is 12.9. The minimum absolute atomic E-state index is 0.191. The third-order valence-corrected chi connectivity index (χ3v) is 7.27. The van der Waals surface area contributed by atoms with Crippen LogP contribution >= 0.6 is 11.3 Å². The summed E-state index contributed by atoms with van der Waals surface area (Å²) in [6, 6.07) is 12.8. The molecule has 188 valence electrons. The predicted octanol–water partition coefficient (Wildman–Crippen LogP) is 5.14. The largest absolute Gasteiger partial charge is 0.493 e. The molecule has 2 aliphatic rings. The van der Waals surface area contributed by atoms with E-state index in [2.05, 4.69) is 25.1 Å². The van der Waals surface area contributed by atoms with Crippen molar-refractivity contribution in [2.24, 2.45) is 5.92 Å². The molecule has 3 heterocycles. The number of aromatic nitrogens is 4. The van der Waals surface area contributed by atoms with Crippen molar-refractivity contribution in [3.8, 4) is 28.6 Å². The summed E-state index contributed by atoms with van der Waals surface area (Å²) < 4.78 is 14.3. The van der Waals surface area contributed by atoms with Crippen LogP contribution in [0.3, 0.4) is 0 Å². The lowest BCUT2D eigenvalue weighted by Gasteiger charge is -2.14. The Hall–Kier alpha value is -4.05. The molecule has 6 rings (SSSR count). The molecule has 37 heavy (non-hydrogen) atoms. The molecule has 1 saturated carbocycles. The zero-order chi connectivity index (χ0) is 25.2. The lowest BCUT2D eigenvalue weighted by atomic mass is 10.1. The fourth-order valence-corrected chi connectivity index (χ4v) is 5.24. The Balaban J connectivity index is 1.22. The van der Waals surface area contributed by atoms with Crippen molar-refractivity contribution in [3.05, 3.63) is 65.4 Å². The fourth-order valence-electron chi connectivity index (χ4n) is 4.72. The third-order valence-electron chi connectivity index (χ3n) is 6.59. The van der Waals surface area contributed by atoms with Crippen LogP contribution in [0.1, 0.15) is 41.9 Å². The van der Waals surface area contributed by atoms with Gasteiger partial charge in [0.2, 0.25) is 0 Å². The van der Waals surface area contributed by atoms with Crippen LogP contribution < -0.4 is 14.8 Å². The van der Waals surface area contributed by atoms with Crippen LogP contribution in [0.4, 0.5) is 5.13 Å². The van der Waals surface area contributed by atoms with E-state index in [4.69, 9.17) is 9.47 Å². The number of amides is 1. The molecule has 1 amide bonds. The summed E-state index contributed by atoms with van der Waals surface area (Å²) in [6.07, 6.45) is 5.65. The zero-order valence-corrected chi connectivity index (χ0v) is 20.9. The van der Waals surface area contributed by atoms with E-state index in [1.807, 2.05) is 24.3 Å². The second-order valence-corrected chi connectivity index (χ2v) is 10.2. The van der Waals surface area contributed by atoms with Gasteiger partial charge >= 0.3 is 0 Å². The molecule has 10 heteroatoms. The maximum absolute atomic E-state index is 12.9. The van der Waals surface area contributed by atoms with Gasteiger partial charge < -0.3 is 14.0 Å². The molecular formula is C27H25N5O4S. The van der Waals surface area contributed by atoms with E-state index in [9.17, 15) is 9.59 Å². The van der Waals surface area contributed by atoms with Gasteiger partial charge in [0.25, 0.3) is 5.91 Å². The molecule has 2 aromatic carbocycles. The van der Waals surface area contributed by atoms with Crippen molar-refractivity contribution in [3.63, 3.8) is 0 Å². The quantitative estimate of drug-likeness (QED) is 0.346. The topological polar surface area (TPSA) is 108 Å². The normalized spacial score (nSPS) is 16.5. The molecule has 4 aromatic rings. The fraction of sp³-hybridized carbons (Fsp3) is 0.296. The number of rotatable bonds is 8. The lowest BCUT2D eigenvalue weighted by molar-refractivity contribution is -0.117. The Morgan fingerprint density at radius 2 is 1.95 bits per heavy atom. The number of nitrogens with one attached hydrogen (secondary N) is 1. The predicted molar refractivity (Wildman–Crippen MR) is 138 cm³/mol. The molecule has 0 radical (unpaired) electrons. The first-order chi connectivity index (χ1) is 18.1. The second-order valence-electron chi connectivity index (χ2n) is 9.26. The number of carbonyl (C=O) groups excluding carboxylic acids is 2. The number of ether oxygens (including phenoxy) is 2. The van der Waals surface area contributed by atoms with Gasteiger partial charge in [-0.3, -0.25) is 14.9 Å². The summed E-state index contributed by atoms with van der Waals surface area (Å²) in [4.78, 5) is 28.7.